The molecule has 0 unspecified atom stereocenters. The van der Waals surface area contributed by atoms with Crippen LogP contribution >= 0.6 is 0 Å². The molecule has 0 saturated carbocycles. The number of halogens is 2. The Morgan fingerprint density at radius 1 is 1.62 bits per heavy atom. The van der Waals surface area contributed by atoms with Gasteiger partial charge in [-0.2, -0.15) is 5.26 Å². The molecule has 68 valence electrons. The quantitative estimate of drug-likeness (QED) is 0.774. The maximum Gasteiger partial charge on any atom is 0.255 e. The first-order valence-corrected chi connectivity index (χ1v) is 3.61. The van der Waals surface area contributed by atoms with E-state index in [-0.39, 0.29) is 5.69 Å². The van der Waals surface area contributed by atoms with Crippen molar-refractivity contribution in [2.75, 3.05) is 11.9 Å². The van der Waals surface area contributed by atoms with E-state index in [0.717, 1.165) is 0 Å². The summed E-state index contributed by atoms with van der Waals surface area (Å²) in [6.45, 7) is -0.472. The van der Waals surface area contributed by atoms with Crippen molar-refractivity contribution in [1.82, 2.24) is 4.98 Å². The summed E-state index contributed by atoms with van der Waals surface area (Å²) < 4.78 is 23.6. The van der Waals surface area contributed by atoms with Crippen LogP contribution in [0.2, 0.25) is 0 Å². The van der Waals surface area contributed by atoms with Crippen LogP contribution in [-0.4, -0.2) is 18.0 Å². The van der Waals surface area contributed by atoms with Gasteiger partial charge in [0.2, 0.25) is 0 Å². The Kier molecular flexibility index (Phi) is 3.15. The standard InChI is InChI=1S/C8H7F2N3/c9-8(10)5-13-6-2-1-3-12-7(6)4-11/h1-3,8,13H,5H2. The molecule has 1 heterocycles. The first-order valence-electron chi connectivity index (χ1n) is 3.61. The molecule has 0 saturated heterocycles. The molecule has 1 aromatic heterocycles. The normalized spacial score (nSPS) is 9.69. The molecule has 0 aliphatic rings. The lowest BCUT2D eigenvalue weighted by Crippen LogP contribution is -2.11. The van der Waals surface area contributed by atoms with Crippen molar-refractivity contribution in [3.63, 3.8) is 0 Å². The molecule has 0 aromatic carbocycles. The molecule has 5 heteroatoms. The number of alkyl halides is 2. The van der Waals surface area contributed by atoms with Gasteiger partial charge in [-0.05, 0) is 12.1 Å². The summed E-state index contributed by atoms with van der Waals surface area (Å²) in [7, 11) is 0. The largest absolute Gasteiger partial charge is 0.377 e. The molecule has 0 aliphatic heterocycles. The summed E-state index contributed by atoms with van der Waals surface area (Å²) in [4.78, 5) is 3.71. The molecule has 1 rings (SSSR count). The highest BCUT2D eigenvalue weighted by molar-refractivity contribution is 5.53. The highest BCUT2D eigenvalue weighted by Crippen LogP contribution is 2.10. The van der Waals surface area contributed by atoms with E-state index >= 15 is 0 Å². The summed E-state index contributed by atoms with van der Waals surface area (Å²) >= 11 is 0. The van der Waals surface area contributed by atoms with Crippen LogP contribution in [0.5, 0.6) is 0 Å². The maximum absolute atomic E-state index is 11.8. The number of anilines is 1. The molecule has 0 bridgehead atoms. The average Bonchev–Trinajstić information content (AvgIpc) is 2.15. The highest BCUT2D eigenvalue weighted by atomic mass is 19.3. The molecule has 0 amide bonds. The number of nitrogens with zero attached hydrogens (tertiary/aromatic N) is 2. The van der Waals surface area contributed by atoms with Gasteiger partial charge in [-0.25, -0.2) is 13.8 Å². The third-order valence-electron chi connectivity index (χ3n) is 1.36. The summed E-state index contributed by atoms with van der Waals surface area (Å²) in [6.07, 6.45) is -1.00. The van der Waals surface area contributed by atoms with E-state index in [2.05, 4.69) is 10.3 Å². The van der Waals surface area contributed by atoms with E-state index in [9.17, 15) is 8.78 Å². The van der Waals surface area contributed by atoms with Crippen LogP contribution in [0.1, 0.15) is 5.69 Å². The zero-order valence-electron chi connectivity index (χ0n) is 6.67. The van der Waals surface area contributed by atoms with Crippen LogP contribution in [0.3, 0.4) is 0 Å². The van der Waals surface area contributed by atoms with Crippen molar-refractivity contribution >= 4 is 5.69 Å². The molecular formula is C8H7F2N3. The predicted molar refractivity (Wildman–Crippen MR) is 43.4 cm³/mol. The second kappa shape index (κ2) is 4.36. The molecule has 3 nitrogen and oxygen atoms in total. The van der Waals surface area contributed by atoms with Crippen LogP contribution in [0.4, 0.5) is 14.5 Å². The number of rotatable bonds is 3. The van der Waals surface area contributed by atoms with Crippen LogP contribution in [0.15, 0.2) is 18.3 Å². The Labute approximate surface area is 74.0 Å². The summed E-state index contributed by atoms with van der Waals surface area (Å²) in [6, 6.07) is 4.91. The van der Waals surface area contributed by atoms with Gasteiger partial charge in [0.15, 0.2) is 5.69 Å². The van der Waals surface area contributed by atoms with Gasteiger partial charge in [0.05, 0.1) is 12.2 Å². The Hall–Kier alpha value is -1.70. The van der Waals surface area contributed by atoms with Gasteiger partial charge in [0, 0.05) is 6.20 Å². The SMILES string of the molecule is N#Cc1ncccc1NCC(F)F. The molecular weight excluding hydrogens is 176 g/mol. The predicted octanol–water partition coefficient (Wildman–Crippen LogP) is 1.63. The van der Waals surface area contributed by atoms with Gasteiger partial charge in [-0.3, -0.25) is 0 Å². The van der Waals surface area contributed by atoms with E-state index in [1.807, 2.05) is 0 Å². The second-order valence-corrected chi connectivity index (χ2v) is 2.28. The number of nitriles is 1. The zero-order chi connectivity index (χ0) is 9.68. The monoisotopic (exact) mass is 183 g/mol. The van der Waals surface area contributed by atoms with Crippen molar-refractivity contribution < 1.29 is 8.78 Å². The van der Waals surface area contributed by atoms with Crippen molar-refractivity contribution in [3.05, 3.63) is 24.0 Å². The fourth-order valence-electron chi connectivity index (χ4n) is 0.824. The topological polar surface area (TPSA) is 48.7 Å². The minimum absolute atomic E-state index is 0.128. The van der Waals surface area contributed by atoms with E-state index in [0.29, 0.717) is 5.69 Å². The van der Waals surface area contributed by atoms with Crippen molar-refractivity contribution in [2.45, 2.75) is 6.43 Å². The molecule has 0 atom stereocenters. The van der Waals surface area contributed by atoms with Gasteiger partial charge < -0.3 is 5.32 Å². The molecule has 0 fully saturated rings. The zero-order valence-corrected chi connectivity index (χ0v) is 6.67. The molecule has 13 heavy (non-hydrogen) atoms. The Morgan fingerprint density at radius 3 is 3.00 bits per heavy atom. The molecule has 0 spiro atoms. The van der Waals surface area contributed by atoms with E-state index in [4.69, 9.17) is 5.26 Å². The number of hydrogen-bond acceptors (Lipinski definition) is 3. The van der Waals surface area contributed by atoms with Crippen LogP contribution < -0.4 is 5.32 Å². The van der Waals surface area contributed by atoms with Crippen molar-refractivity contribution in [1.29, 1.82) is 5.26 Å². The first-order chi connectivity index (χ1) is 6.24. The van der Waals surface area contributed by atoms with Gasteiger partial charge in [-0.1, -0.05) is 0 Å². The fourth-order valence-corrected chi connectivity index (χ4v) is 0.824. The third-order valence-corrected chi connectivity index (χ3v) is 1.36. The molecule has 0 radical (unpaired) electrons. The second-order valence-electron chi connectivity index (χ2n) is 2.28. The third kappa shape index (κ3) is 2.67. The summed E-state index contributed by atoms with van der Waals surface area (Å²) in [5.41, 5.74) is 0.466. The number of aromatic nitrogens is 1. The molecule has 0 aliphatic carbocycles. The van der Waals surface area contributed by atoms with Crippen LogP contribution in [0.25, 0.3) is 0 Å². The minimum Gasteiger partial charge on any atom is -0.377 e. The molecule has 1 aromatic rings. The fraction of sp³-hybridized carbons (Fsp3) is 0.250. The maximum atomic E-state index is 11.8. The lowest BCUT2D eigenvalue weighted by atomic mass is 10.3. The van der Waals surface area contributed by atoms with Gasteiger partial charge in [0.1, 0.15) is 6.07 Å². The Morgan fingerprint density at radius 2 is 2.38 bits per heavy atom. The summed E-state index contributed by atoms with van der Waals surface area (Å²) in [5, 5.41) is 11.0. The Balaban J connectivity index is 2.71. The van der Waals surface area contributed by atoms with Gasteiger partial charge >= 0.3 is 0 Å². The van der Waals surface area contributed by atoms with Crippen LogP contribution in [0, 0.1) is 11.3 Å². The number of pyridine rings is 1. The first kappa shape index (κ1) is 9.39. The van der Waals surface area contributed by atoms with Gasteiger partial charge in [0.25, 0.3) is 6.43 Å². The lowest BCUT2D eigenvalue weighted by molar-refractivity contribution is 0.163. The van der Waals surface area contributed by atoms with Gasteiger partial charge in [-0.15, -0.1) is 0 Å². The van der Waals surface area contributed by atoms with Crippen molar-refractivity contribution in [2.24, 2.45) is 0 Å². The number of hydrogen-bond donors (Lipinski definition) is 1. The molecule has 1 N–H and O–H groups in total. The Bertz CT molecular complexity index is 319. The number of nitrogens with one attached hydrogen (secondary N) is 1. The van der Waals surface area contributed by atoms with Crippen molar-refractivity contribution in [3.8, 4) is 6.07 Å². The summed E-state index contributed by atoms with van der Waals surface area (Å²) in [5.74, 6) is 0. The van der Waals surface area contributed by atoms with E-state index in [1.165, 1.54) is 12.3 Å². The van der Waals surface area contributed by atoms with E-state index < -0.39 is 13.0 Å². The average molecular weight is 183 g/mol. The highest BCUT2D eigenvalue weighted by Gasteiger charge is 2.05. The minimum atomic E-state index is -2.44. The smallest absolute Gasteiger partial charge is 0.255 e. The van der Waals surface area contributed by atoms with Crippen LogP contribution in [-0.2, 0) is 0 Å². The lowest BCUT2D eigenvalue weighted by Gasteiger charge is -2.05. The van der Waals surface area contributed by atoms with E-state index in [1.54, 1.807) is 12.1 Å².